The van der Waals surface area contributed by atoms with Gasteiger partial charge in [0.15, 0.2) is 0 Å². The summed E-state index contributed by atoms with van der Waals surface area (Å²) in [5.41, 5.74) is 1.58. The standard InChI is InChI=1S/C12H12ClNO2S/c1-8-3-5-10(14(8)2)12(15)16-7-9-4-6-11(13)17-9/h3-6H,7H2,1-2H3. The van der Waals surface area contributed by atoms with Crippen LogP contribution in [0, 0.1) is 6.92 Å². The van der Waals surface area contributed by atoms with Crippen molar-refractivity contribution in [2.45, 2.75) is 13.5 Å². The van der Waals surface area contributed by atoms with Crippen molar-refractivity contribution in [3.8, 4) is 0 Å². The van der Waals surface area contributed by atoms with Gasteiger partial charge in [0.1, 0.15) is 12.3 Å². The first-order valence-electron chi connectivity index (χ1n) is 5.11. The van der Waals surface area contributed by atoms with Crippen LogP contribution < -0.4 is 0 Å². The molecule has 0 saturated carbocycles. The first kappa shape index (κ1) is 12.2. The molecule has 0 aliphatic carbocycles. The van der Waals surface area contributed by atoms with E-state index in [0.29, 0.717) is 10.0 Å². The van der Waals surface area contributed by atoms with E-state index in [4.69, 9.17) is 16.3 Å². The van der Waals surface area contributed by atoms with Crippen molar-refractivity contribution in [3.05, 3.63) is 44.9 Å². The van der Waals surface area contributed by atoms with Crippen LogP contribution in [0.1, 0.15) is 21.1 Å². The van der Waals surface area contributed by atoms with Gasteiger partial charge in [-0.15, -0.1) is 11.3 Å². The van der Waals surface area contributed by atoms with Crippen LogP contribution in [-0.4, -0.2) is 10.5 Å². The fourth-order valence-electron chi connectivity index (χ4n) is 1.46. The Kier molecular flexibility index (Phi) is 3.54. The fourth-order valence-corrected chi connectivity index (χ4v) is 2.46. The van der Waals surface area contributed by atoms with Crippen molar-refractivity contribution < 1.29 is 9.53 Å². The molecule has 0 aliphatic heterocycles. The Bertz CT molecular complexity index is 544. The van der Waals surface area contributed by atoms with Crippen LogP contribution in [0.3, 0.4) is 0 Å². The summed E-state index contributed by atoms with van der Waals surface area (Å²) in [4.78, 5) is 12.7. The second-order valence-corrected chi connectivity index (χ2v) is 5.50. The molecule has 0 aliphatic rings. The highest BCUT2D eigenvalue weighted by Crippen LogP contribution is 2.22. The number of hydrogen-bond donors (Lipinski definition) is 0. The molecule has 0 N–H and O–H groups in total. The normalized spacial score (nSPS) is 10.5. The third-order valence-electron chi connectivity index (χ3n) is 2.56. The number of halogens is 1. The Hall–Kier alpha value is -1.26. The number of hydrogen-bond acceptors (Lipinski definition) is 3. The number of nitrogens with zero attached hydrogens (tertiary/aromatic N) is 1. The van der Waals surface area contributed by atoms with Gasteiger partial charge in [-0.1, -0.05) is 11.6 Å². The molecule has 2 aromatic heterocycles. The maximum absolute atomic E-state index is 11.8. The van der Waals surface area contributed by atoms with Crippen LogP contribution in [0.2, 0.25) is 4.34 Å². The van der Waals surface area contributed by atoms with Crippen molar-refractivity contribution in [3.63, 3.8) is 0 Å². The lowest BCUT2D eigenvalue weighted by Crippen LogP contribution is -2.10. The van der Waals surface area contributed by atoms with Crippen LogP contribution in [0.15, 0.2) is 24.3 Å². The van der Waals surface area contributed by atoms with E-state index in [1.807, 2.05) is 30.7 Å². The summed E-state index contributed by atoms with van der Waals surface area (Å²) >= 11 is 7.21. The van der Waals surface area contributed by atoms with E-state index >= 15 is 0 Å². The van der Waals surface area contributed by atoms with Crippen LogP contribution in [0.25, 0.3) is 0 Å². The smallest absolute Gasteiger partial charge is 0.355 e. The Labute approximate surface area is 109 Å². The van der Waals surface area contributed by atoms with Gasteiger partial charge < -0.3 is 9.30 Å². The van der Waals surface area contributed by atoms with E-state index in [1.54, 1.807) is 12.1 Å². The number of esters is 1. The largest absolute Gasteiger partial charge is 0.455 e. The lowest BCUT2D eigenvalue weighted by Gasteiger charge is -2.05. The number of aryl methyl sites for hydroxylation is 1. The summed E-state index contributed by atoms with van der Waals surface area (Å²) in [6.07, 6.45) is 0. The monoisotopic (exact) mass is 269 g/mol. The Morgan fingerprint density at radius 3 is 2.71 bits per heavy atom. The van der Waals surface area contributed by atoms with E-state index in [-0.39, 0.29) is 12.6 Å². The minimum absolute atomic E-state index is 0.264. The van der Waals surface area contributed by atoms with Crippen molar-refractivity contribution in [1.29, 1.82) is 0 Å². The van der Waals surface area contributed by atoms with Crippen molar-refractivity contribution in [1.82, 2.24) is 4.57 Å². The zero-order valence-electron chi connectivity index (χ0n) is 9.57. The summed E-state index contributed by atoms with van der Waals surface area (Å²) in [6.45, 7) is 2.20. The van der Waals surface area contributed by atoms with Gasteiger partial charge in [0.05, 0.1) is 4.34 Å². The Balaban J connectivity index is 2.00. The number of thiophene rings is 1. The molecule has 2 heterocycles. The van der Waals surface area contributed by atoms with Gasteiger partial charge in [0.25, 0.3) is 0 Å². The molecular weight excluding hydrogens is 258 g/mol. The number of aromatic nitrogens is 1. The number of carbonyl (C=O) groups excluding carboxylic acids is 1. The fraction of sp³-hybridized carbons (Fsp3) is 0.250. The molecule has 0 unspecified atom stereocenters. The summed E-state index contributed by atoms with van der Waals surface area (Å²) in [5.74, 6) is -0.315. The third kappa shape index (κ3) is 2.70. The van der Waals surface area contributed by atoms with Gasteiger partial charge in [-0.05, 0) is 31.2 Å². The Morgan fingerprint density at radius 2 is 2.18 bits per heavy atom. The highest BCUT2D eigenvalue weighted by Gasteiger charge is 2.12. The van der Waals surface area contributed by atoms with Crippen LogP contribution in [0.5, 0.6) is 0 Å². The number of ether oxygens (including phenoxy) is 1. The molecule has 2 rings (SSSR count). The molecule has 0 saturated heterocycles. The molecule has 0 bridgehead atoms. The minimum atomic E-state index is -0.315. The SMILES string of the molecule is Cc1ccc(C(=O)OCc2ccc(Cl)s2)n1C. The molecule has 0 amide bonds. The summed E-state index contributed by atoms with van der Waals surface area (Å²) in [6, 6.07) is 7.30. The summed E-state index contributed by atoms with van der Waals surface area (Å²) < 4.78 is 7.72. The Morgan fingerprint density at radius 1 is 1.41 bits per heavy atom. The number of rotatable bonds is 3. The van der Waals surface area contributed by atoms with E-state index in [9.17, 15) is 4.79 Å². The van der Waals surface area contributed by atoms with Crippen molar-refractivity contribution in [2.75, 3.05) is 0 Å². The molecule has 0 radical (unpaired) electrons. The maximum atomic E-state index is 11.8. The highest BCUT2D eigenvalue weighted by molar-refractivity contribution is 7.16. The molecular formula is C12H12ClNO2S. The predicted octanol–water partition coefficient (Wildman–Crippen LogP) is 3.41. The van der Waals surface area contributed by atoms with Gasteiger partial charge in [0.2, 0.25) is 0 Å². The molecule has 2 aromatic rings. The van der Waals surface area contributed by atoms with Gasteiger partial charge in [-0.2, -0.15) is 0 Å². The predicted molar refractivity (Wildman–Crippen MR) is 68.6 cm³/mol. The lowest BCUT2D eigenvalue weighted by atomic mass is 10.4. The number of carbonyl (C=O) groups is 1. The topological polar surface area (TPSA) is 31.2 Å². The molecule has 0 atom stereocenters. The molecule has 0 spiro atoms. The molecule has 17 heavy (non-hydrogen) atoms. The van der Waals surface area contributed by atoms with Gasteiger partial charge in [-0.25, -0.2) is 4.79 Å². The van der Waals surface area contributed by atoms with Crippen LogP contribution in [0.4, 0.5) is 0 Å². The van der Waals surface area contributed by atoms with E-state index in [0.717, 1.165) is 10.6 Å². The lowest BCUT2D eigenvalue weighted by molar-refractivity contribution is 0.0465. The highest BCUT2D eigenvalue weighted by atomic mass is 35.5. The van der Waals surface area contributed by atoms with Crippen molar-refractivity contribution in [2.24, 2.45) is 7.05 Å². The summed E-state index contributed by atoms with van der Waals surface area (Å²) in [5, 5.41) is 0. The first-order chi connectivity index (χ1) is 8.08. The zero-order chi connectivity index (χ0) is 12.4. The van der Waals surface area contributed by atoms with E-state index in [2.05, 4.69) is 0 Å². The van der Waals surface area contributed by atoms with Crippen LogP contribution in [-0.2, 0) is 18.4 Å². The second kappa shape index (κ2) is 4.94. The quantitative estimate of drug-likeness (QED) is 0.800. The average molecular weight is 270 g/mol. The van der Waals surface area contributed by atoms with E-state index in [1.165, 1.54) is 11.3 Å². The van der Waals surface area contributed by atoms with Crippen LogP contribution >= 0.6 is 22.9 Å². The van der Waals surface area contributed by atoms with E-state index < -0.39 is 0 Å². The first-order valence-corrected chi connectivity index (χ1v) is 6.31. The minimum Gasteiger partial charge on any atom is -0.455 e. The van der Waals surface area contributed by atoms with Crippen molar-refractivity contribution >= 4 is 28.9 Å². The summed E-state index contributed by atoms with van der Waals surface area (Å²) in [7, 11) is 1.84. The molecule has 3 nitrogen and oxygen atoms in total. The molecule has 90 valence electrons. The van der Waals surface area contributed by atoms with Gasteiger partial charge in [-0.3, -0.25) is 0 Å². The maximum Gasteiger partial charge on any atom is 0.355 e. The average Bonchev–Trinajstić information content (AvgIpc) is 2.84. The molecule has 0 aromatic carbocycles. The molecule has 5 heteroatoms. The third-order valence-corrected chi connectivity index (χ3v) is 3.76. The van der Waals surface area contributed by atoms with Gasteiger partial charge >= 0.3 is 5.97 Å². The zero-order valence-corrected chi connectivity index (χ0v) is 11.1. The molecule has 0 fully saturated rings. The van der Waals surface area contributed by atoms with Gasteiger partial charge in [0, 0.05) is 17.6 Å². The second-order valence-electron chi connectivity index (χ2n) is 3.70.